The van der Waals surface area contributed by atoms with Gasteiger partial charge in [0.1, 0.15) is 22.2 Å². The topological polar surface area (TPSA) is 92.3 Å². The van der Waals surface area contributed by atoms with E-state index in [4.69, 9.17) is 9.72 Å². The number of aryl methyl sites for hydroxylation is 1. The van der Waals surface area contributed by atoms with Crippen molar-refractivity contribution >= 4 is 29.1 Å². The number of piperidine rings is 1. The van der Waals surface area contributed by atoms with Crippen LogP contribution in [0.5, 0.6) is 0 Å². The number of nitrogens with zero attached hydrogens (tertiary/aromatic N) is 4. The number of thiazole rings is 1. The summed E-state index contributed by atoms with van der Waals surface area (Å²) in [6, 6.07) is 10.2. The summed E-state index contributed by atoms with van der Waals surface area (Å²) in [4.78, 5) is 29.3. The molecule has 1 aliphatic heterocycles. The predicted molar refractivity (Wildman–Crippen MR) is 149 cm³/mol. The first kappa shape index (κ1) is 27.0. The molecule has 0 aliphatic carbocycles. The Morgan fingerprint density at radius 3 is 2.73 bits per heavy atom. The summed E-state index contributed by atoms with van der Waals surface area (Å²) in [6.45, 7) is 10.4. The Bertz CT molecular complexity index is 1180. The van der Waals surface area contributed by atoms with Gasteiger partial charge < -0.3 is 20.3 Å². The minimum atomic E-state index is -0.370. The molecule has 1 atom stereocenters. The number of aromatic nitrogens is 3. The third kappa shape index (κ3) is 7.49. The SMILES string of the molecule is CCCC(C)(CC)OC(=O)N1CCC(NCc2ncc(-c3cccc(Nc4cc(C)ccn4)n3)s2)CC1. The molecule has 4 rings (SSSR count). The van der Waals surface area contributed by atoms with E-state index in [9.17, 15) is 4.79 Å². The Kier molecular flexibility index (Phi) is 9.10. The summed E-state index contributed by atoms with van der Waals surface area (Å²) < 4.78 is 5.87. The number of amides is 1. The first-order valence-electron chi connectivity index (χ1n) is 13.2. The molecule has 3 aromatic rings. The summed E-state index contributed by atoms with van der Waals surface area (Å²) in [5.41, 5.74) is 1.66. The van der Waals surface area contributed by atoms with Crippen molar-refractivity contribution < 1.29 is 9.53 Å². The first-order chi connectivity index (χ1) is 17.9. The third-order valence-corrected chi connectivity index (χ3v) is 7.90. The van der Waals surface area contributed by atoms with Crippen LogP contribution in [0.25, 0.3) is 10.6 Å². The lowest BCUT2D eigenvalue weighted by Gasteiger charge is -2.35. The number of carbonyl (C=O) groups excluding carboxylic acids is 1. The normalized spacial score (nSPS) is 15.8. The van der Waals surface area contributed by atoms with Crippen LogP contribution < -0.4 is 10.6 Å². The van der Waals surface area contributed by atoms with E-state index in [1.54, 1.807) is 17.5 Å². The fraction of sp³-hybridized carbons (Fsp3) is 0.500. The lowest BCUT2D eigenvalue weighted by atomic mass is 9.97. The largest absolute Gasteiger partial charge is 0.443 e. The van der Waals surface area contributed by atoms with Crippen molar-refractivity contribution in [3.8, 4) is 10.6 Å². The van der Waals surface area contributed by atoms with Gasteiger partial charge in [-0.3, -0.25) is 0 Å². The number of hydrogen-bond acceptors (Lipinski definition) is 8. The highest BCUT2D eigenvalue weighted by Crippen LogP contribution is 2.27. The van der Waals surface area contributed by atoms with Crippen LogP contribution in [-0.2, 0) is 11.3 Å². The molecule has 8 nitrogen and oxygen atoms in total. The van der Waals surface area contributed by atoms with Crippen LogP contribution in [0.1, 0.15) is 63.4 Å². The molecular formula is C28H38N6O2S. The van der Waals surface area contributed by atoms with Crippen LogP contribution in [-0.4, -0.2) is 50.7 Å². The van der Waals surface area contributed by atoms with E-state index in [0.717, 1.165) is 64.9 Å². The Morgan fingerprint density at radius 1 is 1.19 bits per heavy atom. The van der Waals surface area contributed by atoms with Gasteiger partial charge in [-0.2, -0.15) is 0 Å². The monoisotopic (exact) mass is 522 g/mol. The molecule has 4 heterocycles. The number of hydrogen-bond donors (Lipinski definition) is 2. The van der Waals surface area contributed by atoms with Crippen molar-refractivity contribution in [2.24, 2.45) is 0 Å². The van der Waals surface area contributed by atoms with Crippen molar-refractivity contribution in [3.05, 3.63) is 53.3 Å². The van der Waals surface area contributed by atoms with Gasteiger partial charge in [0.05, 0.1) is 10.6 Å². The van der Waals surface area contributed by atoms with E-state index in [1.807, 2.05) is 55.3 Å². The quantitative estimate of drug-likeness (QED) is 0.322. The molecule has 0 spiro atoms. The Morgan fingerprint density at radius 2 is 2.00 bits per heavy atom. The number of ether oxygens (including phenoxy) is 1. The Balaban J connectivity index is 1.26. The second-order valence-corrected chi connectivity index (χ2v) is 11.0. The van der Waals surface area contributed by atoms with E-state index < -0.39 is 0 Å². The molecule has 37 heavy (non-hydrogen) atoms. The molecule has 1 fully saturated rings. The highest BCUT2D eigenvalue weighted by Gasteiger charge is 2.30. The minimum absolute atomic E-state index is 0.178. The average Bonchev–Trinajstić information content (AvgIpc) is 3.37. The van der Waals surface area contributed by atoms with Crippen LogP contribution in [0.4, 0.5) is 16.4 Å². The molecule has 0 radical (unpaired) electrons. The molecule has 0 bridgehead atoms. The van der Waals surface area contributed by atoms with Gasteiger partial charge in [0, 0.05) is 38.1 Å². The molecule has 2 N–H and O–H groups in total. The van der Waals surface area contributed by atoms with Crippen molar-refractivity contribution in [1.82, 2.24) is 25.2 Å². The predicted octanol–water partition coefficient (Wildman–Crippen LogP) is 6.31. The molecule has 1 saturated heterocycles. The summed E-state index contributed by atoms with van der Waals surface area (Å²) in [6.07, 6.45) is 8.05. The third-order valence-electron chi connectivity index (χ3n) is 6.88. The second-order valence-electron chi connectivity index (χ2n) is 9.93. The van der Waals surface area contributed by atoms with Crippen molar-refractivity contribution in [2.45, 2.75) is 78.0 Å². The smallest absolute Gasteiger partial charge is 0.410 e. The molecule has 1 unspecified atom stereocenters. The van der Waals surface area contributed by atoms with Gasteiger partial charge in [-0.25, -0.2) is 19.7 Å². The highest BCUT2D eigenvalue weighted by atomic mass is 32.1. The van der Waals surface area contributed by atoms with Crippen LogP contribution in [0.15, 0.2) is 42.7 Å². The molecule has 9 heteroatoms. The number of rotatable bonds is 10. The lowest BCUT2D eigenvalue weighted by Crippen LogP contribution is -2.47. The number of anilines is 2. The summed E-state index contributed by atoms with van der Waals surface area (Å²) in [5, 5.41) is 7.92. The van der Waals surface area contributed by atoms with Gasteiger partial charge >= 0.3 is 6.09 Å². The van der Waals surface area contributed by atoms with Crippen molar-refractivity contribution in [2.75, 3.05) is 18.4 Å². The molecule has 1 amide bonds. The van der Waals surface area contributed by atoms with Crippen molar-refractivity contribution in [3.63, 3.8) is 0 Å². The van der Waals surface area contributed by atoms with E-state index in [1.165, 1.54) is 0 Å². The number of likely N-dealkylation sites (tertiary alicyclic amines) is 1. The average molecular weight is 523 g/mol. The molecule has 0 aromatic carbocycles. The molecular weight excluding hydrogens is 484 g/mol. The standard InChI is InChI=1S/C28H38N6O2S/c1-5-13-28(4,6-2)36-27(35)34-15-11-21(12-16-34)30-19-26-31-18-23(37-26)22-8-7-9-24(32-22)33-25-17-20(3)10-14-29-25/h7-10,14,17-18,21,30H,5-6,11-13,15-16,19H2,1-4H3,(H,29,32,33). The van der Waals surface area contributed by atoms with E-state index >= 15 is 0 Å². The van der Waals surface area contributed by atoms with Gasteiger partial charge in [-0.1, -0.05) is 26.3 Å². The van der Waals surface area contributed by atoms with Crippen LogP contribution in [0.2, 0.25) is 0 Å². The zero-order valence-electron chi connectivity index (χ0n) is 22.3. The summed E-state index contributed by atoms with van der Waals surface area (Å²) in [5.74, 6) is 1.53. The molecule has 198 valence electrons. The molecule has 0 saturated carbocycles. The fourth-order valence-corrected chi connectivity index (χ4v) is 5.33. The Labute approximate surface area is 223 Å². The van der Waals surface area contributed by atoms with Gasteiger partial charge in [0.15, 0.2) is 0 Å². The van der Waals surface area contributed by atoms with Gasteiger partial charge in [0.2, 0.25) is 0 Å². The fourth-order valence-electron chi connectivity index (χ4n) is 4.49. The van der Waals surface area contributed by atoms with Crippen LogP contribution >= 0.6 is 11.3 Å². The molecule has 1 aliphatic rings. The van der Waals surface area contributed by atoms with E-state index in [-0.39, 0.29) is 11.7 Å². The Hall–Kier alpha value is -3.04. The zero-order chi connectivity index (χ0) is 26.3. The zero-order valence-corrected chi connectivity index (χ0v) is 23.1. The maximum Gasteiger partial charge on any atom is 0.410 e. The number of nitrogens with one attached hydrogen (secondary N) is 2. The van der Waals surface area contributed by atoms with Gasteiger partial charge in [-0.05, 0) is 69.4 Å². The van der Waals surface area contributed by atoms with Gasteiger partial charge in [-0.15, -0.1) is 11.3 Å². The number of pyridine rings is 2. The maximum atomic E-state index is 12.7. The van der Waals surface area contributed by atoms with Crippen LogP contribution in [0.3, 0.4) is 0 Å². The maximum absolute atomic E-state index is 12.7. The minimum Gasteiger partial charge on any atom is -0.443 e. The number of carbonyl (C=O) groups is 1. The van der Waals surface area contributed by atoms with E-state index in [0.29, 0.717) is 25.7 Å². The summed E-state index contributed by atoms with van der Waals surface area (Å²) >= 11 is 1.65. The van der Waals surface area contributed by atoms with Crippen molar-refractivity contribution in [1.29, 1.82) is 0 Å². The molecule has 3 aromatic heterocycles. The first-order valence-corrected chi connectivity index (χ1v) is 14.0. The van der Waals surface area contributed by atoms with Gasteiger partial charge in [0.25, 0.3) is 0 Å². The van der Waals surface area contributed by atoms with Crippen LogP contribution in [0, 0.1) is 6.92 Å². The summed E-state index contributed by atoms with van der Waals surface area (Å²) in [7, 11) is 0. The highest BCUT2D eigenvalue weighted by molar-refractivity contribution is 7.15. The lowest BCUT2D eigenvalue weighted by molar-refractivity contribution is -0.00998. The second kappa shape index (κ2) is 12.5. The van der Waals surface area contributed by atoms with E-state index in [2.05, 4.69) is 34.4 Å².